The Morgan fingerprint density at radius 1 is 1.29 bits per heavy atom. The molecule has 0 bridgehead atoms. The van der Waals surface area contributed by atoms with Crippen LogP contribution in [0.25, 0.3) is 0 Å². The van der Waals surface area contributed by atoms with Crippen LogP contribution in [0.3, 0.4) is 0 Å². The molecule has 1 saturated heterocycles. The molecule has 6 nitrogen and oxygen atoms in total. The molecule has 0 unspecified atom stereocenters. The summed E-state index contributed by atoms with van der Waals surface area (Å²) in [6.07, 6.45) is 1.45. The first-order valence-corrected chi connectivity index (χ1v) is 5.85. The molecular weight excluding hydrogens is 226 g/mol. The van der Waals surface area contributed by atoms with E-state index in [0.717, 1.165) is 6.42 Å². The number of ether oxygens (including phenoxy) is 1. The van der Waals surface area contributed by atoms with Gasteiger partial charge in [0.2, 0.25) is 0 Å². The van der Waals surface area contributed by atoms with E-state index in [1.807, 2.05) is 6.92 Å². The Morgan fingerprint density at radius 2 is 1.88 bits per heavy atom. The summed E-state index contributed by atoms with van der Waals surface area (Å²) in [6, 6.07) is 0. The SMILES string of the molecule is CCC(=O)ON1CCOCC1.CCCC(=O)O. The monoisotopic (exact) mass is 247 g/mol. The van der Waals surface area contributed by atoms with Crippen LogP contribution < -0.4 is 0 Å². The number of carboxylic acids is 1. The molecule has 0 aromatic carbocycles. The van der Waals surface area contributed by atoms with Gasteiger partial charge in [0.05, 0.1) is 26.3 Å². The van der Waals surface area contributed by atoms with Crippen LogP contribution in [0.1, 0.15) is 33.1 Å². The Bertz CT molecular complexity index is 226. The molecule has 0 radical (unpaired) electrons. The first kappa shape index (κ1) is 15.9. The van der Waals surface area contributed by atoms with Crippen LogP contribution in [0.2, 0.25) is 0 Å². The molecule has 0 amide bonds. The number of morpholine rings is 1. The lowest BCUT2D eigenvalue weighted by Crippen LogP contribution is -2.37. The molecule has 100 valence electrons. The van der Waals surface area contributed by atoms with Crippen LogP contribution in [0.4, 0.5) is 0 Å². The fourth-order valence-electron chi connectivity index (χ4n) is 1.06. The summed E-state index contributed by atoms with van der Waals surface area (Å²) in [7, 11) is 0. The minimum Gasteiger partial charge on any atom is -0.481 e. The minimum absolute atomic E-state index is 0.174. The summed E-state index contributed by atoms with van der Waals surface area (Å²) in [5.41, 5.74) is 0. The number of carbonyl (C=O) groups is 2. The third-order valence-corrected chi connectivity index (χ3v) is 1.95. The molecule has 17 heavy (non-hydrogen) atoms. The van der Waals surface area contributed by atoms with Crippen molar-refractivity contribution < 1.29 is 24.3 Å². The smallest absolute Gasteiger partial charge is 0.324 e. The fraction of sp³-hybridized carbons (Fsp3) is 0.818. The van der Waals surface area contributed by atoms with E-state index in [2.05, 4.69) is 0 Å². The molecule has 0 aliphatic carbocycles. The van der Waals surface area contributed by atoms with Gasteiger partial charge in [-0.15, -0.1) is 5.06 Å². The zero-order valence-electron chi connectivity index (χ0n) is 10.5. The lowest BCUT2D eigenvalue weighted by atomic mass is 10.4. The molecule has 1 N–H and O–H groups in total. The predicted molar refractivity (Wildman–Crippen MR) is 61.3 cm³/mol. The van der Waals surface area contributed by atoms with E-state index < -0.39 is 5.97 Å². The lowest BCUT2D eigenvalue weighted by Gasteiger charge is -2.24. The van der Waals surface area contributed by atoms with Crippen molar-refractivity contribution in [3.05, 3.63) is 0 Å². The van der Waals surface area contributed by atoms with Gasteiger partial charge in [-0.1, -0.05) is 13.8 Å². The van der Waals surface area contributed by atoms with Gasteiger partial charge in [0.1, 0.15) is 0 Å². The Balaban J connectivity index is 0.000000366. The van der Waals surface area contributed by atoms with Gasteiger partial charge in [0, 0.05) is 12.8 Å². The van der Waals surface area contributed by atoms with E-state index in [1.165, 1.54) is 0 Å². The average molecular weight is 247 g/mol. The molecule has 1 rings (SSSR count). The van der Waals surface area contributed by atoms with Crippen LogP contribution >= 0.6 is 0 Å². The molecule has 0 aromatic heterocycles. The van der Waals surface area contributed by atoms with Crippen LogP contribution in [0.15, 0.2) is 0 Å². The average Bonchev–Trinajstić information content (AvgIpc) is 2.31. The highest BCUT2D eigenvalue weighted by atomic mass is 16.7. The van der Waals surface area contributed by atoms with Crippen molar-refractivity contribution in [1.82, 2.24) is 5.06 Å². The highest BCUT2D eigenvalue weighted by Crippen LogP contribution is 1.98. The Hall–Kier alpha value is -1.14. The minimum atomic E-state index is -0.711. The quantitative estimate of drug-likeness (QED) is 0.800. The van der Waals surface area contributed by atoms with Crippen molar-refractivity contribution in [2.45, 2.75) is 33.1 Å². The molecule has 1 heterocycles. The standard InChI is InChI=1S/C7H13NO3.C4H8O2/c1-2-7(9)11-8-3-5-10-6-4-8;1-2-3-4(5)6/h2-6H2,1H3;2-3H2,1H3,(H,5,6). The van der Waals surface area contributed by atoms with Crippen molar-refractivity contribution in [3.8, 4) is 0 Å². The van der Waals surface area contributed by atoms with Crippen LogP contribution in [0, 0.1) is 0 Å². The van der Waals surface area contributed by atoms with Gasteiger partial charge in [-0.25, -0.2) is 0 Å². The van der Waals surface area contributed by atoms with Gasteiger partial charge in [0.25, 0.3) is 0 Å². The van der Waals surface area contributed by atoms with Gasteiger partial charge in [-0.2, -0.15) is 0 Å². The zero-order chi connectivity index (χ0) is 13.1. The molecular formula is C11H21NO5. The van der Waals surface area contributed by atoms with Crippen molar-refractivity contribution >= 4 is 11.9 Å². The van der Waals surface area contributed by atoms with E-state index in [1.54, 1.807) is 12.0 Å². The second-order valence-corrected chi connectivity index (χ2v) is 3.50. The number of carboxylic acid groups (broad SMARTS) is 1. The number of nitrogens with zero attached hydrogens (tertiary/aromatic N) is 1. The van der Waals surface area contributed by atoms with Gasteiger partial charge < -0.3 is 14.7 Å². The van der Waals surface area contributed by atoms with Crippen molar-refractivity contribution in [3.63, 3.8) is 0 Å². The van der Waals surface area contributed by atoms with E-state index in [-0.39, 0.29) is 5.97 Å². The molecule has 6 heteroatoms. The Kier molecular flexibility index (Phi) is 9.37. The summed E-state index contributed by atoms with van der Waals surface area (Å²) >= 11 is 0. The maximum atomic E-state index is 10.8. The molecule has 0 spiro atoms. The van der Waals surface area contributed by atoms with Gasteiger partial charge >= 0.3 is 11.9 Å². The first-order chi connectivity index (χ1) is 8.10. The summed E-state index contributed by atoms with van der Waals surface area (Å²) in [6.45, 7) is 6.29. The number of hydrogen-bond acceptors (Lipinski definition) is 5. The summed E-state index contributed by atoms with van der Waals surface area (Å²) < 4.78 is 5.08. The van der Waals surface area contributed by atoms with Crippen molar-refractivity contribution in [2.75, 3.05) is 26.3 Å². The van der Waals surface area contributed by atoms with E-state index in [4.69, 9.17) is 14.7 Å². The second kappa shape index (κ2) is 10.0. The second-order valence-electron chi connectivity index (χ2n) is 3.50. The maximum Gasteiger partial charge on any atom is 0.324 e. The van der Waals surface area contributed by atoms with Crippen molar-refractivity contribution in [1.29, 1.82) is 0 Å². The van der Waals surface area contributed by atoms with Gasteiger partial charge in [-0.3, -0.25) is 9.59 Å². The predicted octanol–water partition coefficient (Wildman–Crippen LogP) is 1.06. The molecule has 1 aliphatic heterocycles. The topological polar surface area (TPSA) is 76.1 Å². The number of aliphatic carboxylic acids is 1. The van der Waals surface area contributed by atoms with Crippen LogP contribution in [-0.2, 0) is 19.2 Å². The molecule has 1 fully saturated rings. The third kappa shape index (κ3) is 9.77. The van der Waals surface area contributed by atoms with Gasteiger partial charge in [-0.05, 0) is 6.42 Å². The Labute approximate surface area is 101 Å². The summed E-state index contributed by atoms with van der Waals surface area (Å²) in [5, 5.41) is 9.56. The fourth-order valence-corrected chi connectivity index (χ4v) is 1.06. The number of hydroxylamine groups is 2. The molecule has 1 aliphatic rings. The number of rotatable bonds is 4. The highest BCUT2D eigenvalue weighted by Gasteiger charge is 2.13. The molecule has 0 atom stereocenters. The zero-order valence-corrected chi connectivity index (χ0v) is 10.5. The summed E-state index contributed by atoms with van der Waals surface area (Å²) in [5.74, 6) is -0.885. The number of carbonyl (C=O) groups excluding carboxylic acids is 1. The van der Waals surface area contributed by atoms with Gasteiger partial charge in [0.15, 0.2) is 0 Å². The first-order valence-electron chi connectivity index (χ1n) is 5.85. The third-order valence-electron chi connectivity index (χ3n) is 1.95. The maximum absolute atomic E-state index is 10.8. The van der Waals surface area contributed by atoms with Crippen molar-refractivity contribution in [2.24, 2.45) is 0 Å². The Morgan fingerprint density at radius 3 is 2.24 bits per heavy atom. The molecule has 0 aromatic rings. The van der Waals surface area contributed by atoms with Crippen LogP contribution in [-0.4, -0.2) is 48.4 Å². The molecule has 0 saturated carbocycles. The normalized spacial score (nSPS) is 15.6. The van der Waals surface area contributed by atoms with Crippen LogP contribution in [0.5, 0.6) is 0 Å². The highest BCUT2D eigenvalue weighted by molar-refractivity contribution is 5.68. The number of hydrogen-bond donors (Lipinski definition) is 1. The largest absolute Gasteiger partial charge is 0.481 e. The summed E-state index contributed by atoms with van der Waals surface area (Å²) in [4.78, 5) is 25.3. The van der Waals surface area contributed by atoms with E-state index in [0.29, 0.717) is 39.1 Å². The lowest BCUT2D eigenvalue weighted by molar-refractivity contribution is -0.205. The van der Waals surface area contributed by atoms with E-state index >= 15 is 0 Å². The van der Waals surface area contributed by atoms with E-state index in [9.17, 15) is 9.59 Å².